The lowest BCUT2D eigenvalue weighted by Crippen LogP contribution is -2.20. The van der Waals surface area contributed by atoms with Crippen LogP contribution in [-0.4, -0.2) is 21.9 Å². The molecule has 1 N–H and O–H groups in total. The van der Waals surface area contributed by atoms with Gasteiger partial charge in [-0.1, -0.05) is 6.92 Å². The van der Waals surface area contributed by atoms with E-state index in [1.165, 1.54) is 4.88 Å². The van der Waals surface area contributed by atoms with E-state index in [1.54, 1.807) is 17.7 Å². The van der Waals surface area contributed by atoms with Crippen molar-refractivity contribution in [3.63, 3.8) is 0 Å². The van der Waals surface area contributed by atoms with Gasteiger partial charge in [-0.05, 0) is 19.4 Å². The van der Waals surface area contributed by atoms with Crippen LogP contribution in [0.1, 0.15) is 18.2 Å². The Morgan fingerprint density at radius 3 is 3.00 bits per heavy atom. The molecule has 0 aliphatic rings. The molecule has 0 fully saturated rings. The maximum atomic E-state index is 5.87. The average Bonchev–Trinajstić information content (AvgIpc) is 2.67. The Morgan fingerprint density at radius 2 is 2.31 bits per heavy atom. The SMILES string of the molecule is CCC(CCl)Nc1ncnc2sc(C)cc12. The van der Waals surface area contributed by atoms with E-state index in [0.717, 1.165) is 22.5 Å². The summed E-state index contributed by atoms with van der Waals surface area (Å²) in [4.78, 5) is 10.8. The zero-order chi connectivity index (χ0) is 11.5. The van der Waals surface area contributed by atoms with Crippen LogP contribution in [0.25, 0.3) is 10.2 Å². The standard InChI is InChI=1S/C11H14ClN3S/c1-3-8(5-12)15-10-9-4-7(2)16-11(9)14-6-13-10/h4,6,8H,3,5H2,1-2H3,(H,13,14,15). The van der Waals surface area contributed by atoms with Gasteiger partial charge in [0.25, 0.3) is 0 Å². The lowest BCUT2D eigenvalue weighted by Gasteiger charge is -2.14. The minimum absolute atomic E-state index is 0.264. The summed E-state index contributed by atoms with van der Waals surface area (Å²) in [6.45, 7) is 4.19. The average molecular weight is 256 g/mol. The fourth-order valence-corrected chi connectivity index (χ4v) is 2.68. The summed E-state index contributed by atoms with van der Waals surface area (Å²) in [7, 11) is 0. The van der Waals surface area contributed by atoms with Crippen molar-refractivity contribution in [3.05, 3.63) is 17.3 Å². The third-order valence-corrected chi connectivity index (χ3v) is 3.80. The molecule has 0 aliphatic heterocycles. The molecule has 16 heavy (non-hydrogen) atoms. The van der Waals surface area contributed by atoms with Crippen molar-refractivity contribution in [3.8, 4) is 0 Å². The van der Waals surface area contributed by atoms with Crippen molar-refractivity contribution < 1.29 is 0 Å². The molecule has 0 bridgehead atoms. The van der Waals surface area contributed by atoms with Crippen molar-refractivity contribution in [1.29, 1.82) is 0 Å². The van der Waals surface area contributed by atoms with Gasteiger partial charge in [0.15, 0.2) is 0 Å². The summed E-state index contributed by atoms with van der Waals surface area (Å²) in [5.41, 5.74) is 0. The van der Waals surface area contributed by atoms with Crippen LogP contribution < -0.4 is 5.32 Å². The first-order valence-corrected chi connectivity index (χ1v) is 6.63. The van der Waals surface area contributed by atoms with Crippen LogP contribution in [0.5, 0.6) is 0 Å². The Morgan fingerprint density at radius 1 is 1.50 bits per heavy atom. The van der Waals surface area contributed by atoms with Gasteiger partial charge in [0, 0.05) is 16.8 Å². The Labute approximate surface area is 104 Å². The molecule has 0 saturated carbocycles. The Kier molecular flexibility index (Phi) is 3.61. The van der Waals surface area contributed by atoms with Crippen LogP contribution in [0, 0.1) is 6.92 Å². The van der Waals surface area contributed by atoms with Gasteiger partial charge in [-0.2, -0.15) is 0 Å². The number of alkyl halides is 1. The number of hydrogen-bond acceptors (Lipinski definition) is 4. The van der Waals surface area contributed by atoms with E-state index in [0.29, 0.717) is 5.88 Å². The summed E-state index contributed by atoms with van der Waals surface area (Å²) >= 11 is 7.56. The Balaban J connectivity index is 2.36. The van der Waals surface area contributed by atoms with Crippen LogP contribution >= 0.6 is 22.9 Å². The largest absolute Gasteiger partial charge is 0.366 e. The number of anilines is 1. The summed E-state index contributed by atoms with van der Waals surface area (Å²) in [6, 6.07) is 2.38. The summed E-state index contributed by atoms with van der Waals surface area (Å²) in [6.07, 6.45) is 2.58. The van der Waals surface area contributed by atoms with Crippen molar-refractivity contribution in [2.75, 3.05) is 11.2 Å². The molecule has 3 nitrogen and oxygen atoms in total. The third kappa shape index (κ3) is 2.28. The van der Waals surface area contributed by atoms with Gasteiger partial charge in [0.1, 0.15) is 17.0 Å². The minimum atomic E-state index is 0.264. The van der Waals surface area contributed by atoms with E-state index >= 15 is 0 Å². The van der Waals surface area contributed by atoms with Crippen molar-refractivity contribution in [2.24, 2.45) is 0 Å². The first-order valence-electron chi connectivity index (χ1n) is 5.28. The molecule has 0 aliphatic carbocycles. The van der Waals surface area contributed by atoms with Gasteiger partial charge in [-0.15, -0.1) is 22.9 Å². The molecule has 86 valence electrons. The van der Waals surface area contributed by atoms with E-state index in [4.69, 9.17) is 11.6 Å². The lowest BCUT2D eigenvalue weighted by molar-refractivity contribution is 0.766. The fraction of sp³-hybridized carbons (Fsp3) is 0.455. The molecular formula is C11H14ClN3S. The molecule has 0 spiro atoms. The number of nitrogens with zero attached hydrogens (tertiary/aromatic N) is 2. The fourth-order valence-electron chi connectivity index (χ4n) is 1.53. The Hall–Kier alpha value is -0.870. The second-order valence-electron chi connectivity index (χ2n) is 3.70. The molecule has 1 unspecified atom stereocenters. The number of rotatable bonds is 4. The highest BCUT2D eigenvalue weighted by molar-refractivity contribution is 7.18. The van der Waals surface area contributed by atoms with Crippen LogP contribution in [0.4, 0.5) is 5.82 Å². The number of thiophene rings is 1. The highest BCUT2D eigenvalue weighted by atomic mass is 35.5. The number of aromatic nitrogens is 2. The van der Waals surface area contributed by atoms with Gasteiger partial charge >= 0.3 is 0 Å². The molecule has 0 saturated heterocycles. The lowest BCUT2D eigenvalue weighted by atomic mass is 10.2. The Bertz CT molecular complexity index is 479. The van der Waals surface area contributed by atoms with Gasteiger partial charge in [-0.25, -0.2) is 9.97 Å². The van der Waals surface area contributed by atoms with Crippen LogP contribution in [0.15, 0.2) is 12.4 Å². The molecule has 0 amide bonds. The van der Waals surface area contributed by atoms with Gasteiger partial charge in [0.05, 0.1) is 5.39 Å². The van der Waals surface area contributed by atoms with E-state index in [1.807, 2.05) is 0 Å². The zero-order valence-corrected chi connectivity index (χ0v) is 10.9. The highest BCUT2D eigenvalue weighted by Crippen LogP contribution is 2.27. The van der Waals surface area contributed by atoms with Crippen molar-refractivity contribution in [1.82, 2.24) is 9.97 Å². The maximum Gasteiger partial charge on any atom is 0.138 e. The topological polar surface area (TPSA) is 37.8 Å². The van der Waals surface area contributed by atoms with E-state index in [2.05, 4.69) is 35.2 Å². The predicted octanol–water partition coefficient (Wildman–Crippen LogP) is 3.43. The van der Waals surface area contributed by atoms with E-state index < -0.39 is 0 Å². The van der Waals surface area contributed by atoms with Gasteiger partial charge in [-0.3, -0.25) is 0 Å². The highest BCUT2D eigenvalue weighted by Gasteiger charge is 2.10. The van der Waals surface area contributed by atoms with Gasteiger partial charge < -0.3 is 5.32 Å². The number of hydrogen-bond donors (Lipinski definition) is 1. The van der Waals surface area contributed by atoms with Crippen molar-refractivity contribution in [2.45, 2.75) is 26.3 Å². The molecule has 2 heterocycles. The molecule has 2 rings (SSSR count). The number of aryl methyl sites for hydroxylation is 1. The normalized spacial score (nSPS) is 12.9. The van der Waals surface area contributed by atoms with Crippen molar-refractivity contribution >= 4 is 39.0 Å². The molecule has 2 aromatic heterocycles. The first-order chi connectivity index (χ1) is 7.74. The van der Waals surface area contributed by atoms with Crippen LogP contribution in [0.3, 0.4) is 0 Å². The second kappa shape index (κ2) is 4.97. The van der Waals surface area contributed by atoms with Crippen LogP contribution in [-0.2, 0) is 0 Å². The molecule has 0 radical (unpaired) electrons. The van der Waals surface area contributed by atoms with E-state index in [9.17, 15) is 0 Å². The summed E-state index contributed by atoms with van der Waals surface area (Å²) in [5.74, 6) is 1.48. The quantitative estimate of drug-likeness (QED) is 0.851. The molecule has 1 atom stereocenters. The molecule has 5 heteroatoms. The van der Waals surface area contributed by atoms with Crippen LogP contribution in [0.2, 0.25) is 0 Å². The van der Waals surface area contributed by atoms with E-state index in [-0.39, 0.29) is 6.04 Å². The maximum absolute atomic E-state index is 5.87. The van der Waals surface area contributed by atoms with Gasteiger partial charge in [0.2, 0.25) is 0 Å². The number of fused-ring (bicyclic) bond motifs is 1. The predicted molar refractivity (Wildman–Crippen MR) is 70.6 cm³/mol. The monoisotopic (exact) mass is 255 g/mol. The molecule has 2 aromatic rings. The summed E-state index contributed by atoms with van der Waals surface area (Å²) in [5, 5.41) is 4.45. The molecule has 0 aromatic carbocycles. The number of nitrogens with one attached hydrogen (secondary N) is 1. The minimum Gasteiger partial charge on any atom is -0.366 e. The number of halogens is 1. The second-order valence-corrected chi connectivity index (χ2v) is 5.25. The molecular weight excluding hydrogens is 242 g/mol. The smallest absolute Gasteiger partial charge is 0.138 e. The first kappa shape index (κ1) is 11.6. The summed E-state index contributed by atoms with van der Waals surface area (Å²) < 4.78 is 0. The zero-order valence-electron chi connectivity index (χ0n) is 9.33. The third-order valence-electron chi connectivity index (χ3n) is 2.47.